The Kier molecular flexibility index (Phi) is 10.8. The maximum Gasteiger partial charge on any atom is 0.375 e. The van der Waals surface area contributed by atoms with Crippen LogP contribution in [0.1, 0.15) is 36.8 Å². The van der Waals surface area contributed by atoms with E-state index < -0.39 is 71.6 Å². The summed E-state index contributed by atoms with van der Waals surface area (Å²) in [4.78, 5) is 86.6. The maximum atomic E-state index is 13.0. The molecular weight excluding hydrogens is 538 g/mol. The average Bonchev–Trinajstić information content (AvgIpc) is 2.97. The number of amides is 1. The first-order chi connectivity index (χ1) is 19.5. The number of ether oxygens (including phenoxy) is 2. The van der Waals surface area contributed by atoms with Crippen molar-refractivity contribution in [2.75, 3.05) is 0 Å². The minimum atomic E-state index is -1.77. The zero-order valence-electron chi connectivity index (χ0n) is 21.9. The summed E-state index contributed by atoms with van der Waals surface area (Å²) in [6.07, 6.45) is -1.63. The van der Waals surface area contributed by atoms with E-state index in [0.717, 1.165) is 0 Å². The number of rotatable bonds is 13. The Labute approximate surface area is 234 Å². The molecule has 0 heterocycles. The van der Waals surface area contributed by atoms with E-state index in [9.17, 15) is 38.7 Å². The largest absolute Gasteiger partial charge is 0.481 e. The summed E-state index contributed by atoms with van der Waals surface area (Å²) in [5.74, 6) is -11.9. The maximum absolute atomic E-state index is 13.0. The number of carbonyl (C=O) groups excluding carboxylic acids is 5. The molecule has 3 N–H and O–H groups in total. The molecular formula is C29H29NO11. The summed E-state index contributed by atoms with van der Waals surface area (Å²) < 4.78 is 10.2. The summed E-state index contributed by atoms with van der Waals surface area (Å²) in [6, 6.07) is 15.4. The number of Topliss-reactive ketones (excluding diaryl/α,β-unsaturated/α-hetero) is 2. The van der Waals surface area contributed by atoms with E-state index in [0.29, 0.717) is 11.1 Å². The number of nitrogens with one attached hydrogen (secondary N) is 1. The van der Waals surface area contributed by atoms with Gasteiger partial charge in [0.05, 0.1) is 6.42 Å². The van der Waals surface area contributed by atoms with Gasteiger partial charge in [-0.05, 0) is 30.4 Å². The van der Waals surface area contributed by atoms with Crippen LogP contribution in [0.25, 0.3) is 0 Å². The van der Waals surface area contributed by atoms with Gasteiger partial charge in [-0.2, -0.15) is 0 Å². The van der Waals surface area contributed by atoms with Crippen molar-refractivity contribution in [3.05, 3.63) is 71.8 Å². The van der Waals surface area contributed by atoms with Crippen LogP contribution in [0.2, 0.25) is 0 Å². The van der Waals surface area contributed by atoms with Crippen LogP contribution in [0.3, 0.4) is 0 Å². The van der Waals surface area contributed by atoms with Gasteiger partial charge in [-0.1, -0.05) is 60.7 Å². The molecule has 0 spiro atoms. The van der Waals surface area contributed by atoms with Crippen molar-refractivity contribution in [2.45, 2.75) is 44.9 Å². The smallest absolute Gasteiger partial charge is 0.375 e. The first-order valence-electron chi connectivity index (χ1n) is 12.8. The highest BCUT2D eigenvalue weighted by Gasteiger charge is 2.43. The predicted molar refractivity (Wildman–Crippen MR) is 139 cm³/mol. The zero-order chi connectivity index (χ0) is 29.9. The molecule has 2 aromatic carbocycles. The molecule has 1 amide bonds. The molecule has 41 heavy (non-hydrogen) atoms. The third-order valence-corrected chi connectivity index (χ3v) is 6.64. The Hall–Kier alpha value is -4.87. The van der Waals surface area contributed by atoms with Crippen molar-refractivity contribution in [2.24, 2.45) is 17.8 Å². The van der Waals surface area contributed by atoms with Gasteiger partial charge in [-0.3, -0.25) is 19.2 Å². The van der Waals surface area contributed by atoms with E-state index in [2.05, 4.69) is 5.32 Å². The molecule has 0 bridgehead atoms. The fraction of sp³-hybridized carbons (Fsp3) is 0.345. The van der Waals surface area contributed by atoms with Gasteiger partial charge in [0.1, 0.15) is 19.3 Å². The number of esters is 2. The van der Waals surface area contributed by atoms with Gasteiger partial charge in [-0.25, -0.2) is 14.4 Å². The molecule has 1 fully saturated rings. The number of hydrogen-bond acceptors (Lipinski definition) is 9. The second-order valence-electron chi connectivity index (χ2n) is 9.65. The van der Waals surface area contributed by atoms with Crippen LogP contribution in [0.4, 0.5) is 0 Å². The van der Waals surface area contributed by atoms with Gasteiger partial charge in [0.25, 0.3) is 0 Å². The number of carboxylic acid groups (broad SMARTS) is 2. The van der Waals surface area contributed by atoms with E-state index in [4.69, 9.17) is 14.6 Å². The summed E-state index contributed by atoms with van der Waals surface area (Å²) >= 11 is 0. The Morgan fingerprint density at radius 1 is 0.683 bits per heavy atom. The van der Waals surface area contributed by atoms with Crippen LogP contribution < -0.4 is 5.32 Å². The van der Waals surface area contributed by atoms with E-state index in [1.807, 2.05) is 0 Å². The number of carboxylic acids is 2. The van der Waals surface area contributed by atoms with Crippen molar-refractivity contribution in [3.63, 3.8) is 0 Å². The van der Waals surface area contributed by atoms with Gasteiger partial charge in [0.2, 0.25) is 17.5 Å². The number of carbonyl (C=O) groups is 7. The quantitative estimate of drug-likeness (QED) is 0.236. The molecule has 1 unspecified atom stereocenters. The highest BCUT2D eigenvalue weighted by atomic mass is 16.5. The molecule has 12 heteroatoms. The second kappa shape index (κ2) is 14.5. The number of hydrogen-bond donors (Lipinski definition) is 3. The summed E-state index contributed by atoms with van der Waals surface area (Å²) in [7, 11) is 0. The Morgan fingerprint density at radius 3 is 1.49 bits per heavy atom. The lowest BCUT2D eigenvalue weighted by Crippen LogP contribution is -2.48. The molecule has 0 saturated heterocycles. The Morgan fingerprint density at radius 2 is 1.10 bits per heavy atom. The zero-order valence-corrected chi connectivity index (χ0v) is 21.9. The second-order valence-corrected chi connectivity index (χ2v) is 9.65. The van der Waals surface area contributed by atoms with Crippen LogP contribution in [-0.4, -0.2) is 57.6 Å². The topological polar surface area (TPSA) is 190 Å². The van der Waals surface area contributed by atoms with Gasteiger partial charge in [-0.15, -0.1) is 0 Å². The van der Waals surface area contributed by atoms with Crippen LogP contribution >= 0.6 is 0 Å². The molecule has 1 aliphatic rings. The molecule has 3 rings (SSSR count). The van der Waals surface area contributed by atoms with E-state index in [1.54, 1.807) is 60.7 Å². The van der Waals surface area contributed by atoms with Crippen LogP contribution in [0.15, 0.2) is 60.7 Å². The minimum absolute atomic E-state index is 0.189. The number of benzene rings is 2. The summed E-state index contributed by atoms with van der Waals surface area (Å²) in [6.45, 7) is -0.378. The molecule has 0 aromatic heterocycles. The van der Waals surface area contributed by atoms with E-state index in [1.165, 1.54) is 0 Å². The molecule has 2 aromatic rings. The highest BCUT2D eigenvalue weighted by Crippen LogP contribution is 2.35. The lowest BCUT2D eigenvalue weighted by Gasteiger charge is -2.32. The molecule has 4 atom stereocenters. The molecule has 0 aliphatic heterocycles. The lowest BCUT2D eigenvalue weighted by atomic mass is 9.71. The normalized spacial score (nSPS) is 18.8. The summed E-state index contributed by atoms with van der Waals surface area (Å²) in [5.41, 5.74) is 1.25. The number of aliphatic carboxylic acids is 2. The van der Waals surface area contributed by atoms with E-state index >= 15 is 0 Å². The molecule has 0 radical (unpaired) electrons. The van der Waals surface area contributed by atoms with Crippen LogP contribution in [0.5, 0.6) is 0 Å². The molecule has 1 aliphatic carbocycles. The predicted octanol–water partition coefficient (Wildman–Crippen LogP) is 1.69. The molecule has 216 valence electrons. The minimum Gasteiger partial charge on any atom is -0.481 e. The fourth-order valence-corrected chi connectivity index (χ4v) is 4.55. The third kappa shape index (κ3) is 9.09. The van der Waals surface area contributed by atoms with Crippen molar-refractivity contribution in [1.82, 2.24) is 5.32 Å². The molecule has 1 saturated carbocycles. The van der Waals surface area contributed by atoms with Crippen LogP contribution in [-0.2, 0) is 56.2 Å². The summed E-state index contributed by atoms with van der Waals surface area (Å²) in [5, 5.41) is 20.4. The monoisotopic (exact) mass is 567 g/mol. The standard InChI is InChI=1S/C29H29NO11/c31-23(32)14-22(27(36)37)30-26(35)21-12-19(24(33)28(38)40-15-17-7-3-1-4-8-17)11-20(13-21)25(34)29(39)41-16-18-9-5-2-6-10-18/h1-10,19-22H,11-16H2,(H,30,35)(H,31,32)(H,36,37)/t19-,20+,21-,22?. The van der Waals surface area contributed by atoms with Crippen molar-refractivity contribution in [3.8, 4) is 0 Å². The number of ketones is 2. The lowest BCUT2D eigenvalue weighted by molar-refractivity contribution is -0.160. The van der Waals surface area contributed by atoms with Gasteiger partial charge in [0.15, 0.2) is 0 Å². The van der Waals surface area contributed by atoms with Gasteiger partial charge < -0.3 is 25.0 Å². The molecule has 12 nitrogen and oxygen atoms in total. The average molecular weight is 568 g/mol. The van der Waals surface area contributed by atoms with Crippen molar-refractivity contribution < 1.29 is 53.2 Å². The first kappa shape index (κ1) is 30.7. The van der Waals surface area contributed by atoms with E-state index in [-0.39, 0.29) is 32.5 Å². The van der Waals surface area contributed by atoms with Crippen molar-refractivity contribution >= 4 is 41.4 Å². The van der Waals surface area contributed by atoms with Gasteiger partial charge >= 0.3 is 23.9 Å². The highest BCUT2D eigenvalue weighted by molar-refractivity contribution is 6.36. The van der Waals surface area contributed by atoms with Crippen LogP contribution in [0, 0.1) is 17.8 Å². The van der Waals surface area contributed by atoms with Gasteiger partial charge in [0, 0.05) is 17.8 Å². The Balaban J connectivity index is 1.74. The SMILES string of the molecule is O=C(O)CC(NC(=O)[C@H]1C[C@@H](C(=O)C(=O)OCc2ccccc2)C[C@@H](C(=O)C(=O)OCc2ccccc2)C1)C(=O)O. The fourth-order valence-electron chi connectivity index (χ4n) is 4.55. The first-order valence-corrected chi connectivity index (χ1v) is 12.8. The Bertz CT molecular complexity index is 1220. The van der Waals surface area contributed by atoms with Crippen molar-refractivity contribution in [1.29, 1.82) is 0 Å². The third-order valence-electron chi connectivity index (χ3n) is 6.64.